The van der Waals surface area contributed by atoms with Crippen LogP contribution in [0.5, 0.6) is 0 Å². The van der Waals surface area contributed by atoms with E-state index in [0.717, 1.165) is 33.5 Å². The molecule has 1 heterocycles. The van der Waals surface area contributed by atoms with Crippen molar-refractivity contribution >= 4 is 28.5 Å². The van der Waals surface area contributed by atoms with Gasteiger partial charge in [0.2, 0.25) is 0 Å². The molecule has 4 rings (SSSR count). The second-order valence-electron chi connectivity index (χ2n) is 6.72. The van der Waals surface area contributed by atoms with Crippen LogP contribution < -0.4 is 4.72 Å². The molecule has 0 fully saturated rings. The lowest BCUT2D eigenvalue weighted by molar-refractivity contribution is 1.19. The highest BCUT2D eigenvalue weighted by Crippen LogP contribution is 2.29. The Morgan fingerprint density at radius 3 is 2.64 bits per heavy atom. The predicted molar refractivity (Wildman–Crippen MR) is 116 cm³/mol. The number of nitriles is 1. The van der Waals surface area contributed by atoms with E-state index in [1.165, 1.54) is 11.1 Å². The molecule has 0 aliphatic rings. The molecule has 0 saturated heterocycles. The molecule has 0 atom stereocenters. The number of fused-ring (bicyclic) bond motifs is 1. The fourth-order valence-electron chi connectivity index (χ4n) is 3.14. The molecule has 3 aromatic carbocycles. The second kappa shape index (κ2) is 8.16. The van der Waals surface area contributed by atoms with Gasteiger partial charge in [-0.3, -0.25) is 4.98 Å². The van der Waals surface area contributed by atoms with E-state index in [1.54, 1.807) is 11.9 Å². The Kier molecular flexibility index (Phi) is 5.27. The van der Waals surface area contributed by atoms with E-state index in [9.17, 15) is 0 Å². The van der Waals surface area contributed by atoms with Gasteiger partial charge in [0.15, 0.2) is 0 Å². The van der Waals surface area contributed by atoms with Crippen molar-refractivity contribution in [2.45, 2.75) is 18.2 Å². The molecule has 0 bridgehead atoms. The van der Waals surface area contributed by atoms with Crippen LogP contribution in [0.3, 0.4) is 0 Å². The largest absolute Gasteiger partial charge is 0.324 e. The van der Waals surface area contributed by atoms with Crippen molar-refractivity contribution in [3.05, 3.63) is 101 Å². The summed E-state index contributed by atoms with van der Waals surface area (Å²) in [6, 6.07) is 26.8. The van der Waals surface area contributed by atoms with Crippen molar-refractivity contribution in [2.75, 3.05) is 4.72 Å². The third-order valence-corrected chi connectivity index (χ3v) is 5.36. The van der Waals surface area contributed by atoms with Crippen LogP contribution in [-0.2, 0) is 6.42 Å². The maximum absolute atomic E-state index is 9.14. The highest BCUT2D eigenvalue weighted by atomic mass is 32.2. The molecular weight excluding hydrogens is 362 g/mol. The number of hydrogen-bond donors (Lipinski definition) is 1. The molecule has 3 nitrogen and oxygen atoms in total. The molecule has 28 heavy (non-hydrogen) atoms. The number of nitrogens with one attached hydrogen (secondary N) is 1. The first-order valence-electron chi connectivity index (χ1n) is 9.07. The number of nitrogens with zero attached hydrogens (tertiary/aromatic N) is 2. The summed E-state index contributed by atoms with van der Waals surface area (Å²) in [6.07, 6.45) is 2.59. The van der Waals surface area contributed by atoms with Crippen LogP contribution in [0.4, 0.5) is 5.69 Å². The Balaban J connectivity index is 1.64. The maximum atomic E-state index is 9.14. The van der Waals surface area contributed by atoms with Gasteiger partial charge in [0.25, 0.3) is 0 Å². The normalized spacial score (nSPS) is 10.6. The Morgan fingerprint density at radius 2 is 1.82 bits per heavy atom. The van der Waals surface area contributed by atoms with E-state index in [1.807, 2.05) is 30.5 Å². The summed E-state index contributed by atoms with van der Waals surface area (Å²) in [4.78, 5) is 5.72. The summed E-state index contributed by atoms with van der Waals surface area (Å²) in [7, 11) is 0. The van der Waals surface area contributed by atoms with Crippen LogP contribution in [0.2, 0.25) is 0 Å². The van der Waals surface area contributed by atoms with E-state index < -0.39 is 0 Å². The first-order chi connectivity index (χ1) is 13.7. The number of aryl methyl sites for hydroxylation is 1. The molecule has 0 radical (unpaired) electrons. The molecule has 1 N–H and O–H groups in total. The summed E-state index contributed by atoms with van der Waals surface area (Å²) < 4.78 is 3.47. The molecule has 1 aromatic heterocycles. The van der Waals surface area contributed by atoms with Gasteiger partial charge in [0.1, 0.15) is 0 Å². The molecule has 4 heteroatoms. The summed E-state index contributed by atoms with van der Waals surface area (Å²) in [6.45, 7) is 2.09. The van der Waals surface area contributed by atoms with Crippen molar-refractivity contribution in [3.63, 3.8) is 0 Å². The molecule has 0 amide bonds. The smallest absolute Gasteiger partial charge is 0.0991 e. The second-order valence-corrected chi connectivity index (χ2v) is 7.60. The zero-order valence-electron chi connectivity index (χ0n) is 15.5. The van der Waals surface area contributed by atoms with Gasteiger partial charge in [-0.05, 0) is 78.9 Å². The van der Waals surface area contributed by atoms with E-state index in [4.69, 9.17) is 5.26 Å². The topological polar surface area (TPSA) is 48.7 Å². The first-order valence-corrected chi connectivity index (χ1v) is 9.89. The summed E-state index contributed by atoms with van der Waals surface area (Å²) in [5.74, 6) is 0. The fraction of sp³-hybridized carbons (Fsp3) is 0.0833. The number of aromatic nitrogens is 1. The van der Waals surface area contributed by atoms with Crippen LogP contribution in [0.1, 0.15) is 22.3 Å². The van der Waals surface area contributed by atoms with Gasteiger partial charge in [-0.25, -0.2) is 0 Å². The average molecular weight is 382 g/mol. The van der Waals surface area contributed by atoms with Crippen molar-refractivity contribution in [1.29, 1.82) is 5.26 Å². The van der Waals surface area contributed by atoms with E-state index >= 15 is 0 Å². The van der Waals surface area contributed by atoms with E-state index in [-0.39, 0.29) is 0 Å². The van der Waals surface area contributed by atoms with Gasteiger partial charge in [-0.15, -0.1) is 0 Å². The SMILES string of the molecule is Cc1ccc(SNc2cc(Cc3cccc(C#N)c3)cc3cccnc23)cc1. The van der Waals surface area contributed by atoms with Crippen molar-refractivity contribution < 1.29 is 0 Å². The summed E-state index contributed by atoms with van der Waals surface area (Å²) >= 11 is 1.59. The molecule has 0 saturated carbocycles. The lowest BCUT2D eigenvalue weighted by Gasteiger charge is -2.12. The molecule has 0 spiro atoms. The standard InChI is InChI=1S/C24H19N3S/c1-17-7-9-22(10-8-17)28-27-23-15-20(14-21-6-3-11-26-24(21)23)13-18-4-2-5-19(12-18)16-25/h2-12,14-15,27H,13H2,1H3. The molecule has 0 aliphatic carbocycles. The monoisotopic (exact) mass is 381 g/mol. The van der Waals surface area contributed by atoms with Gasteiger partial charge < -0.3 is 4.72 Å². The highest BCUT2D eigenvalue weighted by molar-refractivity contribution is 8.00. The molecule has 0 aliphatic heterocycles. The lowest BCUT2D eigenvalue weighted by Crippen LogP contribution is -1.95. The number of anilines is 1. The maximum Gasteiger partial charge on any atom is 0.0991 e. The Labute approximate surface area is 169 Å². The zero-order valence-corrected chi connectivity index (χ0v) is 16.3. The lowest BCUT2D eigenvalue weighted by atomic mass is 10.0. The van der Waals surface area contributed by atoms with Crippen LogP contribution in [0.15, 0.2) is 83.9 Å². The quantitative estimate of drug-likeness (QED) is 0.423. The Bertz CT molecular complexity index is 1160. The molecular formula is C24H19N3S. The first kappa shape index (κ1) is 18.1. The number of rotatable bonds is 5. The van der Waals surface area contributed by atoms with Gasteiger partial charge in [0.05, 0.1) is 22.8 Å². The minimum Gasteiger partial charge on any atom is -0.324 e. The van der Waals surface area contributed by atoms with Crippen LogP contribution in [0, 0.1) is 18.3 Å². The van der Waals surface area contributed by atoms with Crippen LogP contribution >= 0.6 is 11.9 Å². The molecule has 0 unspecified atom stereocenters. The summed E-state index contributed by atoms with van der Waals surface area (Å²) in [5.41, 5.74) is 6.19. The minimum absolute atomic E-state index is 0.688. The summed E-state index contributed by atoms with van der Waals surface area (Å²) in [5, 5.41) is 10.2. The van der Waals surface area contributed by atoms with Crippen molar-refractivity contribution in [2.24, 2.45) is 0 Å². The van der Waals surface area contributed by atoms with Gasteiger partial charge in [-0.1, -0.05) is 35.9 Å². The van der Waals surface area contributed by atoms with Crippen LogP contribution in [-0.4, -0.2) is 4.98 Å². The Morgan fingerprint density at radius 1 is 0.964 bits per heavy atom. The zero-order chi connectivity index (χ0) is 19.3. The van der Waals surface area contributed by atoms with Gasteiger partial charge >= 0.3 is 0 Å². The highest BCUT2D eigenvalue weighted by Gasteiger charge is 2.07. The van der Waals surface area contributed by atoms with Gasteiger partial charge in [-0.2, -0.15) is 5.26 Å². The molecule has 4 aromatic rings. The van der Waals surface area contributed by atoms with Gasteiger partial charge in [0, 0.05) is 16.5 Å². The minimum atomic E-state index is 0.688. The molecule has 136 valence electrons. The number of pyridine rings is 1. The van der Waals surface area contributed by atoms with Crippen molar-refractivity contribution in [3.8, 4) is 6.07 Å². The van der Waals surface area contributed by atoms with Crippen LogP contribution in [0.25, 0.3) is 10.9 Å². The van der Waals surface area contributed by atoms with Crippen molar-refractivity contribution in [1.82, 2.24) is 4.98 Å². The van der Waals surface area contributed by atoms with E-state index in [2.05, 4.69) is 71.2 Å². The predicted octanol–water partition coefficient (Wildman–Crippen LogP) is 6.12. The third-order valence-electron chi connectivity index (χ3n) is 4.53. The number of hydrogen-bond acceptors (Lipinski definition) is 4. The number of benzene rings is 3. The fourth-order valence-corrected chi connectivity index (χ4v) is 3.80. The Hall–Kier alpha value is -3.29. The third kappa shape index (κ3) is 4.16. The van der Waals surface area contributed by atoms with E-state index in [0.29, 0.717) is 5.56 Å². The average Bonchev–Trinajstić information content (AvgIpc) is 2.73.